The summed E-state index contributed by atoms with van der Waals surface area (Å²) in [6, 6.07) is 5.06. The number of hydrogen-bond donors (Lipinski definition) is 0. The first kappa shape index (κ1) is 14.6. The summed E-state index contributed by atoms with van der Waals surface area (Å²) in [4.78, 5) is 0.146. The highest BCUT2D eigenvalue weighted by Crippen LogP contribution is 2.30. The molecule has 0 saturated carbocycles. The first-order chi connectivity index (χ1) is 7.80. The highest BCUT2D eigenvalue weighted by Gasteiger charge is 2.23. The predicted octanol–water partition coefficient (Wildman–Crippen LogP) is 2.66. The summed E-state index contributed by atoms with van der Waals surface area (Å²) in [7, 11) is -2.26. The molecule has 0 fully saturated rings. The van der Waals surface area contributed by atoms with Crippen molar-refractivity contribution >= 4 is 41.9 Å². The van der Waals surface area contributed by atoms with Gasteiger partial charge in [-0.1, -0.05) is 15.9 Å². The second-order valence-corrected chi connectivity index (χ2v) is 7.17. The third-order valence-electron chi connectivity index (χ3n) is 2.19. The molecular formula is C10H10Br2N2O2S. The maximum atomic E-state index is 12.1. The van der Waals surface area contributed by atoms with Crippen LogP contribution < -0.4 is 0 Å². The number of nitrogens with zero attached hydrogens (tertiary/aromatic N) is 2. The molecule has 0 atom stereocenters. The van der Waals surface area contributed by atoms with Crippen molar-refractivity contribution in [2.75, 3.05) is 13.6 Å². The van der Waals surface area contributed by atoms with E-state index < -0.39 is 10.0 Å². The fraction of sp³-hybridized carbons (Fsp3) is 0.300. The van der Waals surface area contributed by atoms with Gasteiger partial charge in [0.2, 0.25) is 10.0 Å². The van der Waals surface area contributed by atoms with Crippen molar-refractivity contribution in [1.82, 2.24) is 4.31 Å². The average molecular weight is 382 g/mol. The zero-order valence-corrected chi connectivity index (χ0v) is 13.2. The van der Waals surface area contributed by atoms with Gasteiger partial charge in [0.25, 0.3) is 0 Å². The molecule has 1 rings (SSSR count). The van der Waals surface area contributed by atoms with Crippen LogP contribution in [0, 0.1) is 18.3 Å². The number of hydrogen-bond acceptors (Lipinski definition) is 3. The summed E-state index contributed by atoms with van der Waals surface area (Å²) < 4.78 is 26.5. The van der Waals surface area contributed by atoms with Crippen LogP contribution in [-0.2, 0) is 10.0 Å². The van der Waals surface area contributed by atoms with Crippen molar-refractivity contribution in [2.45, 2.75) is 11.8 Å². The van der Waals surface area contributed by atoms with Crippen LogP contribution in [0.3, 0.4) is 0 Å². The minimum atomic E-state index is -3.64. The Labute approximate surface area is 118 Å². The van der Waals surface area contributed by atoms with Crippen molar-refractivity contribution < 1.29 is 8.42 Å². The number of halogens is 2. The first-order valence-electron chi connectivity index (χ1n) is 4.59. The fourth-order valence-electron chi connectivity index (χ4n) is 1.18. The molecule has 0 aliphatic carbocycles. The SMILES string of the molecule is Cc1cc(Br)c(S(=O)(=O)N(C)CC#N)cc1Br. The van der Waals surface area contributed by atoms with E-state index in [1.165, 1.54) is 13.1 Å². The molecule has 1 aromatic rings. The number of nitriles is 1. The Morgan fingerprint density at radius 2 is 1.94 bits per heavy atom. The Hall–Kier alpha value is -0.420. The van der Waals surface area contributed by atoms with Crippen LogP contribution in [0.4, 0.5) is 0 Å². The molecule has 0 radical (unpaired) electrons. The summed E-state index contributed by atoms with van der Waals surface area (Å²) >= 11 is 6.52. The lowest BCUT2D eigenvalue weighted by atomic mass is 10.2. The molecule has 4 nitrogen and oxygen atoms in total. The summed E-state index contributed by atoms with van der Waals surface area (Å²) in [6.45, 7) is 1.69. The number of sulfonamides is 1. The molecule has 0 N–H and O–H groups in total. The van der Waals surface area contributed by atoms with E-state index in [0.29, 0.717) is 8.95 Å². The molecule has 0 heterocycles. The van der Waals surface area contributed by atoms with Gasteiger partial charge in [-0.3, -0.25) is 0 Å². The van der Waals surface area contributed by atoms with Crippen LogP contribution in [0.5, 0.6) is 0 Å². The van der Waals surface area contributed by atoms with Gasteiger partial charge in [-0.05, 0) is 40.5 Å². The Bertz CT molecular complexity index is 579. The third-order valence-corrected chi connectivity index (χ3v) is 5.81. The van der Waals surface area contributed by atoms with E-state index in [-0.39, 0.29) is 11.4 Å². The van der Waals surface area contributed by atoms with Gasteiger partial charge < -0.3 is 0 Å². The van der Waals surface area contributed by atoms with Crippen molar-refractivity contribution in [3.63, 3.8) is 0 Å². The van der Waals surface area contributed by atoms with Crippen LogP contribution in [-0.4, -0.2) is 26.3 Å². The smallest absolute Gasteiger partial charge is 0.207 e. The maximum absolute atomic E-state index is 12.1. The van der Waals surface area contributed by atoms with Gasteiger partial charge in [-0.15, -0.1) is 0 Å². The molecule has 1 aromatic carbocycles. The first-order valence-corrected chi connectivity index (χ1v) is 7.62. The zero-order chi connectivity index (χ0) is 13.2. The Morgan fingerprint density at radius 1 is 1.35 bits per heavy atom. The molecule has 0 aromatic heterocycles. The second-order valence-electron chi connectivity index (χ2n) is 3.45. The molecule has 0 spiro atoms. The van der Waals surface area contributed by atoms with E-state index in [0.717, 1.165) is 9.87 Å². The Kier molecular flexibility index (Phi) is 4.72. The van der Waals surface area contributed by atoms with Crippen LogP contribution in [0.2, 0.25) is 0 Å². The number of rotatable bonds is 3. The van der Waals surface area contributed by atoms with E-state index in [1.54, 1.807) is 6.07 Å². The van der Waals surface area contributed by atoms with Crippen LogP contribution >= 0.6 is 31.9 Å². The van der Waals surface area contributed by atoms with E-state index in [2.05, 4.69) is 31.9 Å². The van der Waals surface area contributed by atoms with E-state index >= 15 is 0 Å². The third kappa shape index (κ3) is 3.07. The van der Waals surface area contributed by atoms with E-state index in [4.69, 9.17) is 5.26 Å². The lowest BCUT2D eigenvalue weighted by Crippen LogP contribution is -2.27. The highest BCUT2D eigenvalue weighted by molar-refractivity contribution is 9.11. The quantitative estimate of drug-likeness (QED) is 0.756. The van der Waals surface area contributed by atoms with Crippen LogP contribution in [0.15, 0.2) is 26.0 Å². The minimum absolute atomic E-state index is 0.146. The predicted molar refractivity (Wildman–Crippen MR) is 72.0 cm³/mol. The molecule has 92 valence electrons. The van der Waals surface area contributed by atoms with Gasteiger partial charge in [0.1, 0.15) is 6.54 Å². The number of benzene rings is 1. The summed E-state index contributed by atoms with van der Waals surface area (Å²) in [5.41, 5.74) is 0.929. The molecule has 0 unspecified atom stereocenters. The summed E-state index contributed by atoms with van der Waals surface area (Å²) in [5, 5.41) is 8.54. The lowest BCUT2D eigenvalue weighted by molar-refractivity contribution is 0.501. The molecular weight excluding hydrogens is 372 g/mol. The largest absolute Gasteiger partial charge is 0.244 e. The van der Waals surface area contributed by atoms with Gasteiger partial charge in [-0.25, -0.2) is 8.42 Å². The Morgan fingerprint density at radius 3 is 2.47 bits per heavy atom. The topological polar surface area (TPSA) is 61.2 Å². The molecule has 0 aliphatic heterocycles. The normalized spacial score (nSPS) is 11.5. The number of aryl methyl sites for hydroxylation is 1. The maximum Gasteiger partial charge on any atom is 0.244 e. The average Bonchev–Trinajstić information content (AvgIpc) is 2.23. The van der Waals surface area contributed by atoms with Crippen molar-refractivity contribution in [3.8, 4) is 6.07 Å². The lowest BCUT2D eigenvalue weighted by Gasteiger charge is -2.15. The molecule has 0 bridgehead atoms. The van der Waals surface area contributed by atoms with Crippen molar-refractivity contribution in [1.29, 1.82) is 5.26 Å². The summed E-state index contributed by atoms with van der Waals surface area (Å²) in [5.74, 6) is 0. The molecule has 17 heavy (non-hydrogen) atoms. The molecule has 0 aliphatic rings. The van der Waals surface area contributed by atoms with Crippen molar-refractivity contribution in [2.24, 2.45) is 0 Å². The monoisotopic (exact) mass is 380 g/mol. The molecule has 0 saturated heterocycles. The van der Waals surface area contributed by atoms with Crippen LogP contribution in [0.1, 0.15) is 5.56 Å². The second kappa shape index (κ2) is 5.48. The zero-order valence-electron chi connectivity index (χ0n) is 9.24. The van der Waals surface area contributed by atoms with Crippen molar-refractivity contribution in [3.05, 3.63) is 26.6 Å². The van der Waals surface area contributed by atoms with E-state index in [9.17, 15) is 8.42 Å². The standard InChI is InChI=1S/C10H10Br2N2O2S/c1-7-5-9(12)10(6-8(7)11)17(15,16)14(2)4-3-13/h5-6H,4H2,1-2H3. The minimum Gasteiger partial charge on any atom is -0.207 e. The van der Waals surface area contributed by atoms with Crippen LogP contribution in [0.25, 0.3) is 0 Å². The van der Waals surface area contributed by atoms with Gasteiger partial charge in [0, 0.05) is 16.0 Å². The fourth-order valence-corrected chi connectivity index (χ4v) is 3.88. The van der Waals surface area contributed by atoms with Gasteiger partial charge in [0.05, 0.1) is 11.0 Å². The van der Waals surface area contributed by atoms with Gasteiger partial charge in [0.15, 0.2) is 0 Å². The highest BCUT2D eigenvalue weighted by atomic mass is 79.9. The van der Waals surface area contributed by atoms with Gasteiger partial charge >= 0.3 is 0 Å². The van der Waals surface area contributed by atoms with E-state index in [1.807, 2.05) is 13.0 Å². The Balaban J connectivity index is 3.35. The molecule has 7 heteroatoms. The summed E-state index contributed by atoms with van der Waals surface area (Å²) in [6.07, 6.45) is 0. The van der Waals surface area contributed by atoms with Gasteiger partial charge in [-0.2, -0.15) is 9.57 Å². The molecule has 0 amide bonds.